The van der Waals surface area contributed by atoms with Gasteiger partial charge in [0.05, 0.1) is 29.8 Å². The van der Waals surface area contributed by atoms with E-state index in [2.05, 4.69) is 5.32 Å². The molecule has 2 rings (SSSR count). The number of nitrogens with zero attached hydrogens (tertiary/aromatic N) is 2. The zero-order valence-corrected chi connectivity index (χ0v) is 15.5. The second kappa shape index (κ2) is 8.64. The Labute approximate surface area is 156 Å². The van der Waals surface area contributed by atoms with Crippen LogP contribution in [0, 0.1) is 10.1 Å². The molecular weight excluding hydrogens is 358 g/mol. The van der Waals surface area contributed by atoms with Crippen molar-refractivity contribution >= 4 is 28.9 Å². The number of halogens is 1. The maximum Gasteiger partial charge on any atom is 0.273 e. The normalized spacial score (nSPS) is 11.9. The Kier molecular flexibility index (Phi) is 6.54. The van der Waals surface area contributed by atoms with Gasteiger partial charge >= 0.3 is 0 Å². The Morgan fingerprint density at radius 3 is 2.54 bits per heavy atom. The van der Waals surface area contributed by atoms with Gasteiger partial charge in [-0.25, -0.2) is 0 Å². The molecule has 1 amide bonds. The van der Waals surface area contributed by atoms with E-state index in [-0.39, 0.29) is 17.3 Å². The van der Waals surface area contributed by atoms with Crippen molar-refractivity contribution in [3.63, 3.8) is 0 Å². The molecule has 0 fully saturated rings. The fourth-order valence-corrected chi connectivity index (χ4v) is 2.47. The number of nitro benzene ring substituents is 1. The standard InChI is InChI=1S/C18H20ClN3O4/c1-12(21(2)11-13-4-6-14(19)7-5-13)18(23)20-16-9-8-15(22(24)25)10-17(16)26-3/h4-10,12H,11H2,1-3H3,(H,20,23)/t12-/m1/s1. The summed E-state index contributed by atoms with van der Waals surface area (Å²) in [4.78, 5) is 24.7. The third kappa shape index (κ3) is 4.93. The largest absolute Gasteiger partial charge is 0.494 e. The first kappa shape index (κ1) is 19.7. The molecule has 0 spiro atoms. The summed E-state index contributed by atoms with van der Waals surface area (Å²) < 4.78 is 5.14. The van der Waals surface area contributed by atoms with Crippen molar-refractivity contribution in [1.29, 1.82) is 0 Å². The maximum atomic E-state index is 12.5. The molecule has 1 atom stereocenters. The molecule has 2 aromatic carbocycles. The zero-order chi connectivity index (χ0) is 19.3. The second-order valence-corrected chi connectivity index (χ2v) is 6.28. The topological polar surface area (TPSA) is 84.7 Å². The quantitative estimate of drug-likeness (QED) is 0.587. The van der Waals surface area contributed by atoms with Crippen LogP contribution in [0.3, 0.4) is 0 Å². The first-order valence-electron chi connectivity index (χ1n) is 7.89. The van der Waals surface area contributed by atoms with E-state index in [4.69, 9.17) is 16.3 Å². The molecule has 0 saturated heterocycles. The molecule has 8 heteroatoms. The third-order valence-electron chi connectivity index (χ3n) is 4.04. The minimum atomic E-state index is -0.517. The summed E-state index contributed by atoms with van der Waals surface area (Å²) in [5.74, 6) is -0.00581. The molecule has 26 heavy (non-hydrogen) atoms. The fourth-order valence-electron chi connectivity index (χ4n) is 2.35. The molecule has 0 aliphatic rings. The van der Waals surface area contributed by atoms with Crippen LogP contribution in [0.5, 0.6) is 5.75 Å². The van der Waals surface area contributed by atoms with Crippen molar-refractivity contribution in [3.05, 3.63) is 63.2 Å². The van der Waals surface area contributed by atoms with Gasteiger partial charge in [-0.05, 0) is 37.7 Å². The van der Waals surface area contributed by atoms with E-state index in [0.29, 0.717) is 17.3 Å². The molecule has 2 aromatic rings. The number of anilines is 1. The lowest BCUT2D eigenvalue weighted by atomic mass is 10.2. The summed E-state index contributed by atoms with van der Waals surface area (Å²) in [6.45, 7) is 2.35. The number of ether oxygens (including phenoxy) is 1. The molecule has 138 valence electrons. The minimum absolute atomic E-state index is 0.104. The van der Waals surface area contributed by atoms with Gasteiger partial charge in [-0.2, -0.15) is 0 Å². The Morgan fingerprint density at radius 1 is 1.31 bits per heavy atom. The Bertz CT molecular complexity index is 796. The van der Waals surface area contributed by atoms with Gasteiger partial charge in [0, 0.05) is 17.6 Å². The second-order valence-electron chi connectivity index (χ2n) is 5.85. The SMILES string of the molecule is COc1cc([N+](=O)[O-])ccc1NC(=O)[C@@H](C)N(C)Cc1ccc(Cl)cc1. The number of methoxy groups -OCH3 is 1. The molecule has 0 unspecified atom stereocenters. The fraction of sp³-hybridized carbons (Fsp3) is 0.278. The number of likely N-dealkylation sites (N-methyl/N-ethyl adjacent to an activating group) is 1. The van der Waals surface area contributed by atoms with Gasteiger partial charge in [-0.1, -0.05) is 23.7 Å². The maximum absolute atomic E-state index is 12.5. The van der Waals surface area contributed by atoms with E-state index in [1.807, 2.05) is 24.1 Å². The minimum Gasteiger partial charge on any atom is -0.494 e. The number of hydrogen-bond acceptors (Lipinski definition) is 5. The molecule has 0 bridgehead atoms. The summed E-state index contributed by atoms with van der Waals surface area (Å²) in [6.07, 6.45) is 0. The van der Waals surface area contributed by atoms with Crippen LogP contribution in [0.25, 0.3) is 0 Å². The number of carbonyl (C=O) groups is 1. The van der Waals surface area contributed by atoms with E-state index >= 15 is 0 Å². The number of carbonyl (C=O) groups excluding carboxylic acids is 1. The molecule has 7 nitrogen and oxygen atoms in total. The van der Waals surface area contributed by atoms with Crippen molar-refractivity contribution in [2.24, 2.45) is 0 Å². The zero-order valence-electron chi connectivity index (χ0n) is 14.7. The lowest BCUT2D eigenvalue weighted by Gasteiger charge is -2.24. The highest BCUT2D eigenvalue weighted by Crippen LogP contribution is 2.29. The van der Waals surface area contributed by atoms with Gasteiger partial charge in [0.15, 0.2) is 0 Å². The van der Waals surface area contributed by atoms with Gasteiger partial charge < -0.3 is 10.1 Å². The molecule has 0 saturated carbocycles. The summed E-state index contributed by atoms with van der Waals surface area (Å²) >= 11 is 5.88. The number of nitrogens with one attached hydrogen (secondary N) is 1. The van der Waals surface area contributed by atoms with Gasteiger partial charge in [0.25, 0.3) is 5.69 Å². The van der Waals surface area contributed by atoms with E-state index in [0.717, 1.165) is 5.56 Å². The molecular formula is C18H20ClN3O4. The number of rotatable bonds is 7. The van der Waals surface area contributed by atoms with Crippen LogP contribution in [0.2, 0.25) is 5.02 Å². The van der Waals surface area contributed by atoms with Gasteiger partial charge in [-0.15, -0.1) is 0 Å². The summed E-state index contributed by atoms with van der Waals surface area (Å²) in [5, 5.41) is 14.3. The summed E-state index contributed by atoms with van der Waals surface area (Å²) in [5.41, 5.74) is 1.31. The van der Waals surface area contributed by atoms with E-state index < -0.39 is 11.0 Å². The highest BCUT2D eigenvalue weighted by atomic mass is 35.5. The van der Waals surface area contributed by atoms with Gasteiger partial charge in [0.2, 0.25) is 5.91 Å². The Balaban J connectivity index is 2.06. The molecule has 0 aromatic heterocycles. The average Bonchev–Trinajstić information content (AvgIpc) is 2.62. The summed E-state index contributed by atoms with van der Waals surface area (Å²) in [7, 11) is 3.23. The van der Waals surface area contributed by atoms with Crippen LogP contribution >= 0.6 is 11.6 Å². The monoisotopic (exact) mass is 377 g/mol. The predicted octanol–water partition coefficient (Wildman–Crippen LogP) is 3.72. The van der Waals surface area contributed by atoms with Crippen LogP contribution < -0.4 is 10.1 Å². The smallest absolute Gasteiger partial charge is 0.273 e. The average molecular weight is 378 g/mol. The highest BCUT2D eigenvalue weighted by Gasteiger charge is 2.20. The van der Waals surface area contributed by atoms with E-state index in [1.54, 1.807) is 19.1 Å². The number of amides is 1. The van der Waals surface area contributed by atoms with Crippen molar-refractivity contribution in [1.82, 2.24) is 4.90 Å². The predicted molar refractivity (Wildman–Crippen MR) is 101 cm³/mol. The molecule has 0 heterocycles. The van der Waals surface area contributed by atoms with Crippen LogP contribution in [-0.4, -0.2) is 35.9 Å². The van der Waals surface area contributed by atoms with Crippen molar-refractivity contribution in [2.75, 3.05) is 19.5 Å². The first-order chi connectivity index (χ1) is 12.3. The lowest BCUT2D eigenvalue weighted by molar-refractivity contribution is -0.384. The van der Waals surface area contributed by atoms with Crippen LogP contribution in [0.15, 0.2) is 42.5 Å². The summed E-state index contributed by atoms with van der Waals surface area (Å²) in [6, 6.07) is 11.0. The lowest BCUT2D eigenvalue weighted by Crippen LogP contribution is -2.39. The van der Waals surface area contributed by atoms with Crippen molar-refractivity contribution in [2.45, 2.75) is 19.5 Å². The van der Waals surface area contributed by atoms with Crippen molar-refractivity contribution < 1.29 is 14.5 Å². The number of nitro groups is 1. The number of non-ortho nitro benzene ring substituents is 1. The van der Waals surface area contributed by atoms with Crippen LogP contribution in [0.4, 0.5) is 11.4 Å². The van der Waals surface area contributed by atoms with E-state index in [1.165, 1.54) is 25.3 Å². The molecule has 0 aliphatic carbocycles. The first-order valence-corrected chi connectivity index (χ1v) is 8.27. The molecule has 0 aliphatic heterocycles. The Hall–Kier alpha value is -2.64. The number of benzene rings is 2. The van der Waals surface area contributed by atoms with Gasteiger partial charge in [-0.3, -0.25) is 19.8 Å². The van der Waals surface area contributed by atoms with E-state index in [9.17, 15) is 14.9 Å². The van der Waals surface area contributed by atoms with Crippen LogP contribution in [0.1, 0.15) is 12.5 Å². The number of hydrogen-bond donors (Lipinski definition) is 1. The highest BCUT2D eigenvalue weighted by molar-refractivity contribution is 6.30. The van der Waals surface area contributed by atoms with Crippen molar-refractivity contribution in [3.8, 4) is 5.75 Å². The molecule has 0 radical (unpaired) electrons. The third-order valence-corrected chi connectivity index (χ3v) is 4.29. The Morgan fingerprint density at radius 2 is 1.96 bits per heavy atom. The molecule has 1 N–H and O–H groups in total. The van der Waals surface area contributed by atoms with Crippen LogP contribution in [-0.2, 0) is 11.3 Å². The van der Waals surface area contributed by atoms with Gasteiger partial charge in [0.1, 0.15) is 5.75 Å².